The van der Waals surface area contributed by atoms with E-state index in [9.17, 15) is 0 Å². The molecule has 0 saturated carbocycles. The highest BCUT2D eigenvalue weighted by molar-refractivity contribution is 6.30. The van der Waals surface area contributed by atoms with Crippen LogP contribution >= 0.6 is 0 Å². The van der Waals surface area contributed by atoms with Crippen molar-refractivity contribution in [2.24, 2.45) is 0 Å². The molecule has 0 N–H and O–H groups in total. The largest absolute Gasteiger partial charge is 0.310 e. The maximum Gasteiger partial charge on any atom is 0.0465 e. The molecule has 2 aliphatic rings. The Bertz CT molecular complexity index is 4430. The molecule has 13 aromatic rings. The van der Waals surface area contributed by atoms with Gasteiger partial charge >= 0.3 is 0 Å². The Kier molecular flexibility index (Phi) is 10.6. The number of fused-ring (bicyclic) bond motifs is 8. The van der Waals surface area contributed by atoms with Gasteiger partial charge in [0.25, 0.3) is 0 Å². The summed E-state index contributed by atoms with van der Waals surface area (Å²) in [6, 6.07) is 106. The molecule has 1 nitrogen and oxygen atoms in total. The zero-order chi connectivity index (χ0) is 51.9. The molecule has 0 spiro atoms. The van der Waals surface area contributed by atoms with E-state index in [0.29, 0.717) is 0 Å². The lowest BCUT2D eigenvalue weighted by molar-refractivity contribution is 0.661. The van der Waals surface area contributed by atoms with Crippen LogP contribution in [0.15, 0.2) is 285 Å². The minimum absolute atomic E-state index is 0.337. The Morgan fingerprint density at radius 1 is 0.231 bits per heavy atom. The summed E-state index contributed by atoms with van der Waals surface area (Å²) in [6.07, 6.45) is 0. The van der Waals surface area contributed by atoms with E-state index >= 15 is 0 Å². The Hall–Kier alpha value is -9.82. The predicted molar refractivity (Wildman–Crippen MR) is 331 cm³/mol. The molecule has 13 aromatic carbocycles. The van der Waals surface area contributed by atoms with E-state index in [-0.39, 0.29) is 5.41 Å². The second-order valence-electron chi connectivity index (χ2n) is 21.5. The zero-order valence-corrected chi connectivity index (χ0v) is 43.6. The summed E-state index contributed by atoms with van der Waals surface area (Å²) in [5.41, 5.74) is 28.1. The first-order valence-corrected chi connectivity index (χ1v) is 27.2. The maximum absolute atomic E-state index is 2.61. The van der Waals surface area contributed by atoms with Crippen molar-refractivity contribution in [2.45, 2.75) is 19.3 Å². The minimum atomic E-state index is -0.337. The molecule has 0 fully saturated rings. The summed E-state index contributed by atoms with van der Waals surface area (Å²) in [7, 11) is 0. The highest BCUT2D eigenvalue weighted by atomic mass is 15.1. The fourth-order valence-electron chi connectivity index (χ4n) is 13.2. The lowest BCUT2D eigenvalue weighted by atomic mass is 9.78. The second-order valence-corrected chi connectivity index (χ2v) is 21.5. The molecule has 0 bridgehead atoms. The van der Waals surface area contributed by atoms with E-state index in [1.54, 1.807) is 0 Å². The molecule has 0 unspecified atom stereocenters. The number of hydrogen-bond donors (Lipinski definition) is 0. The standard InChI is InChI=1S/C77H53N/c1-77(2)69-48-58(78(56-32-17-7-18-33-56)57-34-19-8-20-35-57)42-45-63(69)72-64-38-23-39-65-71(64)68(49-70(72)77)76-74(67-47-55(51-26-11-4-12-27-51)41-44-60(67)53-30-15-6-16-31-53)62-37-22-21-36-61(62)73(75(65)76)66-46-54(50-24-9-3-10-25-50)40-43-59(66)52-28-13-5-14-29-52/h3-49H,1-2H3. The quantitative estimate of drug-likeness (QED) is 0.139. The lowest BCUT2D eigenvalue weighted by Gasteiger charge is -2.28. The van der Waals surface area contributed by atoms with Gasteiger partial charge in [0.05, 0.1) is 0 Å². The van der Waals surface area contributed by atoms with Gasteiger partial charge in [0.15, 0.2) is 0 Å². The molecule has 0 heterocycles. The fourth-order valence-corrected chi connectivity index (χ4v) is 13.2. The van der Waals surface area contributed by atoms with Crippen molar-refractivity contribution in [3.8, 4) is 100 Å². The Morgan fingerprint density at radius 3 is 1.15 bits per heavy atom. The maximum atomic E-state index is 2.61. The Balaban J connectivity index is 1.07. The molecule has 366 valence electrons. The molecule has 0 atom stereocenters. The molecular weight excluding hydrogens is 939 g/mol. The average molecular weight is 992 g/mol. The van der Waals surface area contributed by atoms with Crippen LogP contribution < -0.4 is 4.90 Å². The monoisotopic (exact) mass is 991 g/mol. The summed E-state index contributed by atoms with van der Waals surface area (Å²) >= 11 is 0. The summed E-state index contributed by atoms with van der Waals surface area (Å²) in [6.45, 7) is 4.89. The topological polar surface area (TPSA) is 3.24 Å². The van der Waals surface area contributed by atoms with Gasteiger partial charge in [0, 0.05) is 22.5 Å². The molecule has 0 aliphatic heterocycles. The van der Waals surface area contributed by atoms with Crippen molar-refractivity contribution < 1.29 is 0 Å². The van der Waals surface area contributed by atoms with E-state index in [1.807, 2.05) is 0 Å². The third kappa shape index (κ3) is 7.16. The number of nitrogens with zero attached hydrogens (tertiary/aromatic N) is 1. The number of hydrogen-bond acceptors (Lipinski definition) is 1. The highest BCUT2D eigenvalue weighted by Crippen LogP contribution is 2.63. The molecule has 0 aromatic heterocycles. The summed E-state index contributed by atoms with van der Waals surface area (Å²) in [5, 5.41) is 5.07. The van der Waals surface area contributed by atoms with Crippen molar-refractivity contribution in [2.75, 3.05) is 4.90 Å². The summed E-state index contributed by atoms with van der Waals surface area (Å²) in [5.74, 6) is 0. The van der Waals surface area contributed by atoms with E-state index in [4.69, 9.17) is 0 Å². The fraction of sp³-hybridized carbons (Fsp3) is 0.0390. The third-order valence-electron chi connectivity index (χ3n) is 16.8. The van der Waals surface area contributed by atoms with Crippen molar-refractivity contribution in [1.82, 2.24) is 0 Å². The molecule has 0 amide bonds. The number of rotatable bonds is 9. The smallest absolute Gasteiger partial charge is 0.0465 e. The van der Waals surface area contributed by atoms with E-state index in [0.717, 1.165) is 17.1 Å². The molecular formula is C77H53N. The van der Waals surface area contributed by atoms with E-state index < -0.39 is 0 Å². The molecule has 2 aliphatic carbocycles. The van der Waals surface area contributed by atoms with Crippen LogP contribution in [0.2, 0.25) is 0 Å². The second kappa shape index (κ2) is 18.2. The van der Waals surface area contributed by atoms with Crippen LogP contribution in [0.3, 0.4) is 0 Å². The third-order valence-corrected chi connectivity index (χ3v) is 16.8. The predicted octanol–water partition coefficient (Wildman–Crippen LogP) is 21.4. The summed E-state index contributed by atoms with van der Waals surface area (Å²) < 4.78 is 0. The number of anilines is 3. The molecule has 0 radical (unpaired) electrons. The van der Waals surface area contributed by atoms with Crippen molar-refractivity contribution in [1.29, 1.82) is 0 Å². The van der Waals surface area contributed by atoms with Gasteiger partial charge < -0.3 is 4.90 Å². The Morgan fingerprint density at radius 2 is 0.654 bits per heavy atom. The van der Waals surface area contributed by atoms with Gasteiger partial charge in [-0.15, -0.1) is 0 Å². The van der Waals surface area contributed by atoms with Gasteiger partial charge in [-0.1, -0.05) is 244 Å². The normalized spacial score (nSPS) is 12.6. The summed E-state index contributed by atoms with van der Waals surface area (Å²) in [4.78, 5) is 2.39. The van der Waals surface area contributed by atoms with Crippen LogP contribution in [-0.2, 0) is 5.41 Å². The van der Waals surface area contributed by atoms with Gasteiger partial charge in [-0.05, 0) is 187 Å². The van der Waals surface area contributed by atoms with Gasteiger partial charge in [-0.2, -0.15) is 0 Å². The minimum Gasteiger partial charge on any atom is -0.310 e. The van der Waals surface area contributed by atoms with Crippen LogP contribution in [0.5, 0.6) is 0 Å². The molecule has 0 saturated heterocycles. The van der Waals surface area contributed by atoms with Gasteiger partial charge in [0.1, 0.15) is 0 Å². The van der Waals surface area contributed by atoms with Crippen molar-refractivity contribution >= 4 is 38.6 Å². The molecule has 1 heteroatoms. The van der Waals surface area contributed by atoms with Gasteiger partial charge in [-0.3, -0.25) is 0 Å². The van der Waals surface area contributed by atoms with Crippen molar-refractivity contribution in [3.63, 3.8) is 0 Å². The SMILES string of the molecule is CC1(C)c2cc(N(c3ccccc3)c3ccccc3)ccc2-c2c1cc1c3c(cccc23)-c2c-1c(-c1cc(-c3ccccc3)ccc1-c1ccccc1)c1ccccc1c2-c1cc(-c2ccccc2)ccc1-c1ccccc1. The van der Waals surface area contributed by atoms with Gasteiger partial charge in [-0.25, -0.2) is 0 Å². The number of para-hydroxylation sites is 2. The molecule has 78 heavy (non-hydrogen) atoms. The van der Waals surface area contributed by atoms with Crippen LogP contribution in [0.1, 0.15) is 25.0 Å². The number of benzene rings is 13. The first-order chi connectivity index (χ1) is 38.5. The van der Waals surface area contributed by atoms with Crippen LogP contribution in [0, 0.1) is 0 Å². The lowest BCUT2D eigenvalue weighted by Crippen LogP contribution is -2.16. The van der Waals surface area contributed by atoms with Crippen molar-refractivity contribution in [3.05, 3.63) is 296 Å². The van der Waals surface area contributed by atoms with Crippen LogP contribution in [0.25, 0.3) is 122 Å². The van der Waals surface area contributed by atoms with Gasteiger partial charge in [0.2, 0.25) is 0 Å². The zero-order valence-electron chi connectivity index (χ0n) is 43.6. The first kappa shape index (κ1) is 45.6. The first-order valence-electron chi connectivity index (χ1n) is 27.2. The highest BCUT2D eigenvalue weighted by Gasteiger charge is 2.41. The van der Waals surface area contributed by atoms with Crippen LogP contribution in [-0.4, -0.2) is 0 Å². The van der Waals surface area contributed by atoms with E-state index in [1.165, 1.54) is 133 Å². The van der Waals surface area contributed by atoms with E-state index in [2.05, 4.69) is 304 Å². The van der Waals surface area contributed by atoms with Crippen LogP contribution in [0.4, 0.5) is 17.1 Å². The Labute approximate surface area is 456 Å². The molecule has 15 rings (SSSR count). The average Bonchev–Trinajstić information content (AvgIpc) is 3.28.